The second kappa shape index (κ2) is 7.57. The van der Waals surface area contributed by atoms with Crippen LogP contribution >= 0.6 is 23.4 Å². The first-order chi connectivity index (χ1) is 11.2. The molecule has 24 heavy (non-hydrogen) atoms. The maximum absolute atomic E-state index is 12.1. The van der Waals surface area contributed by atoms with Gasteiger partial charge in [0.1, 0.15) is 0 Å². The van der Waals surface area contributed by atoms with Crippen LogP contribution in [0.15, 0.2) is 52.3 Å². The molecule has 2 rings (SSSR count). The molecule has 8 heteroatoms. The molecule has 0 aliphatic heterocycles. The first kappa shape index (κ1) is 18.8. The molecule has 0 atom stereocenters. The van der Waals surface area contributed by atoms with E-state index < -0.39 is 16.0 Å². The van der Waals surface area contributed by atoms with Crippen molar-refractivity contribution in [3.05, 3.63) is 58.6 Å². The molecule has 0 amide bonds. The number of thioether (sulfide) groups is 1. The zero-order valence-electron chi connectivity index (χ0n) is 13.1. The third-order valence-electron chi connectivity index (χ3n) is 3.24. The molecule has 0 unspecified atom stereocenters. The molecule has 0 aromatic heterocycles. The Kier molecular flexibility index (Phi) is 5.92. The number of benzene rings is 2. The lowest BCUT2D eigenvalue weighted by molar-refractivity contribution is 0.0693. The fraction of sp³-hybridized carbons (Fsp3) is 0.188. The number of carbonyl (C=O) groups is 1. The third-order valence-corrected chi connectivity index (χ3v) is 6.43. The molecule has 0 aliphatic rings. The van der Waals surface area contributed by atoms with Gasteiger partial charge in [0.05, 0.1) is 10.5 Å². The van der Waals surface area contributed by atoms with Crippen molar-refractivity contribution >= 4 is 39.4 Å². The van der Waals surface area contributed by atoms with E-state index in [-0.39, 0.29) is 10.5 Å². The van der Waals surface area contributed by atoms with Gasteiger partial charge in [-0.3, -0.25) is 0 Å². The number of hydrogen-bond acceptors (Lipinski definition) is 4. The predicted molar refractivity (Wildman–Crippen MR) is 95.3 cm³/mol. The van der Waals surface area contributed by atoms with Gasteiger partial charge in [-0.2, -0.15) is 0 Å². The van der Waals surface area contributed by atoms with E-state index in [2.05, 4.69) is 0 Å². The zero-order valence-corrected chi connectivity index (χ0v) is 15.5. The molecule has 0 spiro atoms. The summed E-state index contributed by atoms with van der Waals surface area (Å²) in [7, 11) is -0.878. The summed E-state index contributed by atoms with van der Waals surface area (Å²) in [6.07, 6.45) is 0. The molecule has 0 saturated carbocycles. The second-order valence-corrected chi connectivity index (χ2v) is 8.77. The highest BCUT2D eigenvalue weighted by Crippen LogP contribution is 2.29. The van der Waals surface area contributed by atoms with E-state index in [1.807, 2.05) is 12.1 Å². The SMILES string of the molecule is CN(C)S(=O)(=O)c1ccc(SCc2cccc(Cl)c2)c(C(=O)O)c1. The van der Waals surface area contributed by atoms with Gasteiger partial charge in [0, 0.05) is 29.8 Å². The Morgan fingerprint density at radius 3 is 2.50 bits per heavy atom. The minimum absolute atomic E-state index is 0.0371. The minimum Gasteiger partial charge on any atom is -0.478 e. The average Bonchev–Trinajstić information content (AvgIpc) is 2.52. The average molecular weight is 386 g/mol. The van der Waals surface area contributed by atoms with E-state index in [1.54, 1.807) is 12.1 Å². The van der Waals surface area contributed by atoms with Gasteiger partial charge in [0.15, 0.2) is 0 Å². The smallest absolute Gasteiger partial charge is 0.336 e. The molecule has 2 aromatic rings. The van der Waals surface area contributed by atoms with Crippen LogP contribution in [0.3, 0.4) is 0 Å². The van der Waals surface area contributed by atoms with Crippen molar-refractivity contribution in [2.45, 2.75) is 15.5 Å². The molecule has 0 aliphatic carbocycles. The molecular weight excluding hydrogens is 370 g/mol. The fourth-order valence-corrected chi connectivity index (χ4v) is 4.07. The van der Waals surface area contributed by atoms with Crippen molar-refractivity contribution in [2.75, 3.05) is 14.1 Å². The number of sulfonamides is 1. The van der Waals surface area contributed by atoms with Crippen LogP contribution in [0.25, 0.3) is 0 Å². The van der Waals surface area contributed by atoms with Crippen molar-refractivity contribution < 1.29 is 18.3 Å². The first-order valence-corrected chi connectivity index (χ1v) is 9.69. The van der Waals surface area contributed by atoms with Gasteiger partial charge in [0.2, 0.25) is 10.0 Å². The van der Waals surface area contributed by atoms with E-state index in [0.717, 1.165) is 9.87 Å². The summed E-state index contributed by atoms with van der Waals surface area (Å²) in [5, 5.41) is 10.0. The molecule has 0 saturated heterocycles. The highest BCUT2D eigenvalue weighted by Gasteiger charge is 2.21. The summed E-state index contributed by atoms with van der Waals surface area (Å²) in [4.78, 5) is 11.9. The van der Waals surface area contributed by atoms with E-state index in [1.165, 1.54) is 44.1 Å². The molecule has 0 bridgehead atoms. The van der Waals surface area contributed by atoms with Crippen LogP contribution in [0, 0.1) is 0 Å². The van der Waals surface area contributed by atoms with Crippen LogP contribution in [0.4, 0.5) is 0 Å². The summed E-state index contributed by atoms with van der Waals surface area (Å²) in [5.74, 6) is -0.639. The molecule has 0 heterocycles. The zero-order chi connectivity index (χ0) is 17.9. The van der Waals surface area contributed by atoms with Gasteiger partial charge in [-0.05, 0) is 35.9 Å². The Balaban J connectivity index is 2.32. The molecular formula is C16H16ClNO4S2. The summed E-state index contributed by atoms with van der Waals surface area (Å²) >= 11 is 7.25. The monoisotopic (exact) mass is 385 g/mol. The Morgan fingerprint density at radius 2 is 1.92 bits per heavy atom. The van der Waals surface area contributed by atoms with Crippen molar-refractivity contribution in [3.8, 4) is 0 Å². The number of aromatic carboxylic acids is 1. The lowest BCUT2D eigenvalue weighted by atomic mass is 10.2. The van der Waals surface area contributed by atoms with Crippen LogP contribution < -0.4 is 0 Å². The van der Waals surface area contributed by atoms with Crippen LogP contribution in [-0.4, -0.2) is 37.9 Å². The summed E-state index contributed by atoms with van der Waals surface area (Å²) in [6.45, 7) is 0. The van der Waals surface area contributed by atoms with Gasteiger partial charge in [-0.15, -0.1) is 11.8 Å². The van der Waals surface area contributed by atoms with Crippen molar-refractivity contribution in [2.24, 2.45) is 0 Å². The quantitative estimate of drug-likeness (QED) is 0.769. The van der Waals surface area contributed by atoms with Gasteiger partial charge >= 0.3 is 5.97 Å². The second-order valence-electron chi connectivity index (χ2n) is 5.17. The standard InChI is InChI=1S/C16H16ClNO4S2/c1-18(2)24(21,22)13-6-7-15(14(9-13)16(19)20)23-10-11-4-3-5-12(17)8-11/h3-9H,10H2,1-2H3,(H,19,20). The van der Waals surface area contributed by atoms with E-state index >= 15 is 0 Å². The maximum atomic E-state index is 12.1. The highest BCUT2D eigenvalue weighted by molar-refractivity contribution is 7.98. The van der Waals surface area contributed by atoms with Crippen LogP contribution in [0.1, 0.15) is 15.9 Å². The fourth-order valence-electron chi connectivity index (χ4n) is 1.96. The van der Waals surface area contributed by atoms with Crippen LogP contribution in [-0.2, 0) is 15.8 Å². The number of rotatable bonds is 6. The Bertz CT molecular complexity index is 866. The lowest BCUT2D eigenvalue weighted by Gasteiger charge is -2.13. The summed E-state index contributed by atoms with van der Waals surface area (Å²) < 4.78 is 25.3. The van der Waals surface area contributed by atoms with Crippen molar-refractivity contribution in [1.29, 1.82) is 0 Å². The Morgan fingerprint density at radius 1 is 1.21 bits per heavy atom. The summed E-state index contributed by atoms with van der Waals surface area (Å²) in [5.41, 5.74) is 0.916. The normalized spacial score (nSPS) is 11.7. The molecule has 0 radical (unpaired) electrons. The molecule has 1 N–H and O–H groups in total. The molecule has 5 nitrogen and oxygen atoms in total. The van der Waals surface area contributed by atoms with Gasteiger partial charge in [0.25, 0.3) is 0 Å². The number of halogens is 1. The molecule has 2 aromatic carbocycles. The van der Waals surface area contributed by atoms with Gasteiger partial charge < -0.3 is 5.11 Å². The largest absolute Gasteiger partial charge is 0.478 e. The third kappa shape index (κ3) is 4.30. The van der Waals surface area contributed by atoms with E-state index in [9.17, 15) is 18.3 Å². The van der Waals surface area contributed by atoms with Gasteiger partial charge in [-0.25, -0.2) is 17.5 Å². The highest BCUT2D eigenvalue weighted by atomic mass is 35.5. The topological polar surface area (TPSA) is 74.7 Å². The van der Waals surface area contributed by atoms with Crippen molar-refractivity contribution in [3.63, 3.8) is 0 Å². The Hall–Kier alpha value is -1.54. The van der Waals surface area contributed by atoms with Crippen LogP contribution in [0.5, 0.6) is 0 Å². The number of carboxylic acid groups (broad SMARTS) is 1. The van der Waals surface area contributed by atoms with Crippen molar-refractivity contribution in [1.82, 2.24) is 4.31 Å². The number of carboxylic acids is 1. The lowest BCUT2D eigenvalue weighted by Crippen LogP contribution is -2.22. The maximum Gasteiger partial charge on any atom is 0.336 e. The first-order valence-electron chi connectivity index (χ1n) is 6.89. The molecule has 128 valence electrons. The molecule has 0 fully saturated rings. The van der Waals surface area contributed by atoms with Gasteiger partial charge in [-0.1, -0.05) is 23.7 Å². The summed E-state index contributed by atoms with van der Waals surface area (Å²) in [6, 6.07) is 11.4. The van der Waals surface area contributed by atoms with Crippen LogP contribution in [0.2, 0.25) is 5.02 Å². The minimum atomic E-state index is -3.68. The van der Waals surface area contributed by atoms with E-state index in [4.69, 9.17) is 11.6 Å². The predicted octanol–water partition coefficient (Wildman–Crippen LogP) is 3.58. The number of nitrogens with zero attached hydrogens (tertiary/aromatic N) is 1. The van der Waals surface area contributed by atoms with E-state index in [0.29, 0.717) is 15.7 Å². The Labute approximate surface area is 150 Å². The number of hydrogen-bond donors (Lipinski definition) is 1.